The molecule has 2 aromatic rings. The number of aryl methyl sites for hydroxylation is 2. The lowest BCUT2D eigenvalue weighted by atomic mass is 10.2. The monoisotopic (exact) mass is 435 g/mol. The first-order valence-electron chi connectivity index (χ1n) is 10.5. The van der Waals surface area contributed by atoms with E-state index < -0.39 is 0 Å². The number of aromatic nitrogens is 1. The number of thiazole rings is 1. The highest BCUT2D eigenvalue weighted by molar-refractivity contribution is 7.12. The summed E-state index contributed by atoms with van der Waals surface area (Å²) >= 11 is 3.68. The molecular formula is C21H33N5OS2. The molecule has 29 heavy (non-hydrogen) atoms. The van der Waals surface area contributed by atoms with Gasteiger partial charge in [0.1, 0.15) is 0 Å². The molecule has 6 nitrogen and oxygen atoms in total. The van der Waals surface area contributed by atoms with Crippen molar-refractivity contribution < 1.29 is 4.74 Å². The summed E-state index contributed by atoms with van der Waals surface area (Å²) in [5, 5.41) is 8.05. The minimum absolute atomic E-state index is 0.305. The molecule has 8 heteroatoms. The molecule has 1 aliphatic rings. The predicted octanol–water partition coefficient (Wildman–Crippen LogP) is 3.25. The van der Waals surface area contributed by atoms with Crippen molar-refractivity contribution in [2.75, 3.05) is 45.9 Å². The lowest BCUT2D eigenvalue weighted by Gasteiger charge is -2.33. The normalized spacial score (nSPS) is 16.7. The van der Waals surface area contributed by atoms with Crippen molar-refractivity contribution in [2.24, 2.45) is 4.99 Å². The Balaban J connectivity index is 1.61. The van der Waals surface area contributed by atoms with Crippen LogP contribution in [0.25, 0.3) is 0 Å². The molecule has 0 saturated carbocycles. The lowest BCUT2D eigenvalue weighted by molar-refractivity contribution is 0.0186. The van der Waals surface area contributed by atoms with Crippen LogP contribution >= 0.6 is 22.7 Å². The van der Waals surface area contributed by atoms with Gasteiger partial charge in [0.25, 0.3) is 0 Å². The highest BCUT2D eigenvalue weighted by Crippen LogP contribution is 2.28. The van der Waals surface area contributed by atoms with Crippen molar-refractivity contribution in [3.05, 3.63) is 38.0 Å². The zero-order valence-corrected chi connectivity index (χ0v) is 19.4. The molecule has 0 radical (unpaired) electrons. The molecular weight excluding hydrogens is 402 g/mol. The predicted molar refractivity (Wildman–Crippen MR) is 123 cm³/mol. The van der Waals surface area contributed by atoms with Crippen LogP contribution in [0.5, 0.6) is 0 Å². The molecule has 1 fully saturated rings. The van der Waals surface area contributed by atoms with Crippen molar-refractivity contribution >= 4 is 28.6 Å². The third kappa shape index (κ3) is 6.77. The molecule has 1 aliphatic heterocycles. The number of hydrogen-bond donors (Lipinski definition) is 2. The molecule has 1 unspecified atom stereocenters. The molecule has 0 bridgehead atoms. The maximum absolute atomic E-state index is 5.56. The first kappa shape index (κ1) is 22.2. The SMILES string of the molecule is CCNC(=NCC(c1ccc(C)s1)N1CCOCC1)NCCc1ncc(CC)s1. The maximum Gasteiger partial charge on any atom is 0.191 e. The summed E-state index contributed by atoms with van der Waals surface area (Å²) < 4.78 is 5.56. The van der Waals surface area contributed by atoms with Crippen LogP contribution in [0, 0.1) is 6.92 Å². The van der Waals surface area contributed by atoms with Gasteiger partial charge in [0.15, 0.2) is 5.96 Å². The fourth-order valence-corrected chi connectivity index (χ4v) is 5.21. The Bertz CT molecular complexity index is 767. The smallest absolute Gasteiger partial charge is 0.191 e. The third-order valence-corrected chi connectivity index (χ3v) is 7.23. The lowest BCUT2D eigenvalue weighted by Crippen LogP contribution is -2.42. The molecule has 0 aromatic carbocycles. The average molecular weight is 436 g/mol. The number of guanidine groups is 1. The zero-order valence-electron chi connectivity index (χ0n) is 17.7. The van der Waals surface area contributed by atoms with Crippen molar-refractivity contribution in [2.45, 2.75) is 39.7 Å². The number of rotatable bonds is 9. The number of ether oxygens (including phenoxy) is 1. The number of morpholine rings is 1. The molecule has 0 spiro atoms. The summed E-state index contributed by atoms with van der Waals surface area (Å²) in [6, 6.07) is 4.77. The summed E-state index contributed by atoms with van der Waals surface area (Å²) in [6.07, 6.45) is 3.97. The molecule has 0 amide bonds. The van der Waals surface area contributed by atoms with E-state index >= 15 is 0 Å². The van der Waals surface area contributed by atoms with E-state index in [0.29, 0.717) is 6.04 Å². The molecule has 160 valence electrons. The summed E-state index contributed by atoms with van der Waals surface area (Å²) in [6.45, 7) is 12.4. The van der Waals surface area contributed by atoms with E-state index in [1.165, 1.54) is 19.6 Å². The molecule has 0 aliphatic carbocycles. The largest absolute Gasteiger partial charge is 0.379 e. The van der Waals surface area contributed by atoms with E-state index in [0.717, 1.165) is 64.7 Å². The minimum atomic E-state index is 0.305. The van der Waals surface area contributed by atoms with Crippen LogP contribution in [-0.2, 0) is 17.6 Å². The number of nitrogens with one attached hydrogen (secondary N) is 2. The van der Waals surface area contributed by atoms with Gasteiger partial charge in [-0.25, -0.2) is 4.98 Å². The fourth-order valence-electron chi connectivity index (χ4n) is 3.34. The minimum Gasteiger partial charge on any atom is -0.379 e. The van der Waals surface area contributed by atoms with E-state index in [2.05, 4.69) is 53.4 Å². The highest BCUT2D eigenvalue weighted by atomic mass is 32.1. The first-order valence-corrected chi connectivity index (χ1v) is 12.2. The van der Waals surface area contributed by atoms with Gasteiger partial charge in [-0.1, -0.05) is 6.92 Å². The van der Waals surface area contributed by atoms with E-state index in [1.54, 1.807) is 11.3 Å². The van der Waals surface area contributed by atoms with Gasteiger partial charge >= 0.3 is 0 Å². The molecule has 3 rings (SSSR count). The first-order chi connectivity index (χ1) is 14.2. The van der Waals surface area contributed by atoms with Gasteiger partial charge in [-0.2, -0.15) is 0 Å². The van der Waals surface area contributed by atoms with Crippen LogP contribution in [0.3, 0.4) is 0 Å². The van der Waals surface area contributed by atoms with Crippen molar-refractivity contribution in [1.29, 1.82) is 0 Å². The summed E-state index contributed by atoms with van der Waals surface area (Å²) in [5.74, 6) is 0.881. The second-order valence-corrected chi connectivity index (χ2v) is 9.60. The van der Waals surface area contributed by atoms with Crippen molar-refractivity contribution in [1.82, 2.24) is 20.5 Å². The van der Waals surface area contributed by atoms with E-state index in [-0.39, 0.29) is 0 Å². The Hall–Kier alpha value is -1.48. The Labute approximate surface area is 182 Å². The molecule has 2 N–H and O–H groups in total. The van der Waals surface area contributed by atoms with E-state index in [9.17, 15) is 0 Å². The second-order valence-electron chi connectivity index (χ2n) is 7.08. The summed E-state index contributed by atoms with van der Waals surface area (Å²) in [7, 11) is 0. The fraction of sp³-hybridized carbons (Fsp3) is 0.619. The Morgan fingerprint density at radius 3 is 2.72 bits per heavy atom. The molecule has 2 aromatic heterocycles. The van der Waals surface area contributed by atoms with E-state index in [4.69, 9.17) is 9.73 Å². The van der Waals surface area contributed by atoms with Gasteiger partial charge in [-0.3, -0.25) is 9.89 Å². The number of nitrogens with zero attached hydrogens (tertiary/aromatic N) is 3. The molecule has 1 atom stereocenters. The van der Waals surface area contributed by atoms with Crippen LogP contribution < -0.4 is 10.6 Å². The van der Waals surface area contributed by atoms with Gasteiger partial charge in [0, 0.05) is 53.4 Å². The Kier molecular flexibility index (Phi) is 8.92. The van der Waals surface area contributed by atoms with Crippen LogP contribution in [0.4, 0.5) is 0 Å². The number of aliphatic imine (C=N–C) groups is 1. The van der Waals surface area contributed by atoms with Crippen LogP contribution in [0.1, 0.15) is 39.5 Å². The zero-order chi connectivity index (χ0) is 20.5. The third-order valence-electron chi connectivity index (χ3n) is 4.92. The highest BCUT2D eigenvalue weighted by Gasteiger charge is 2.23. The summed E-state index contributed by atoms with van der Waals surface area (Å²) in [5.41, 5.74) is 0. The van der Waals surface area contributed by atoms with Gasteiger partial charge in [-0.15, -0.1) is 22.7 Å². The number of thiophene rings is 1. The second kappa shape index (κ2) is 11.6. The van der Waals surface area contributed by atoms with Crippen molar-refractivity contribution in [3.63, 3.8) is 0 Å². The van der Waals surface area contributed by atoms with Crippen LogP contribution in [-0.4, -0.2) is 61.8 Å². The van der Waals surface area contributed by atoms with Gasteiger partial charge in [-0.05, 0) is 32.4 Å². The maximum atomic E-state index is 5.56. The van der Waals surface area contributed by atoms with Gasteiger partial charge in [0.2, 0.25) is 0 Å². The Morgan fingerprint density at radius 1 is 1.24 bits per heavy atom. The quantitative estimate of drug-likeness (QED) is 0.468. The van der Waals surface area contributed by atoms with Gasteiger partial charge < -0.3 is 15.4 Å². The topological polar surface area (TPSA) is 61.8 Å². The van der Waals surface area contributed by atoms with Gasteiger partial charge in [0.05, 0.1) is 30.8 Å². The average Bonchev–Trinajstić information content (AvgIpc) is 3.38. The molecule has 3 heterocycles. The van der Waals surface area contributed by atoms with Crippen LogP contribution in [0.15, 0.2) is 23.3 Å². The standard InChI is InChI=1S/C21H33N5OS2/c1-4-17-14-24-20(29-17)8-9-23-21(22-5-2)25-15-18(19-7-6-16(3)28-19)26-10-12-27-13-11-26/h6-7,14,18H,4-5,8-13,15H2,1-3H3,(H2,22,23,25). The van der Waals surface area contributed by atoms with E-state index in [1.807, 2.05) is 17.5 Å². The Morgan fingerprint density at radius 2 is 2.07 bits per heavy atom. The number of hydrogen-bond acceptors (Lipinski definition) is 6. The summed E-state index contributed by atoms with van der Waals surface area (Å²) in [4.78, 5) is 16.0. The van der Waals surface area contributed by atoms with Crippen LogP contribution in [0.2, 0.25) is 0 Å². The van der Waals surface area contributed by atoms with Crippen molar-refractivity contribution in [3.8, 4) is 0 Å². The molecule has 1 saturated heterocycles.